The van der Waals surface area contributed by atoms with Crippen LogP contribution in [0, 0.1) is 5.82 Å². The number of unbranched alkanes of at least 4 members (excludes halogenated alkanes) is 3. The largest absolute Gasteiger partial charge is 0.455 e. The van der Waals surface area contributed by atoms with Gasteiger partial charge in [-0.25, -0.2) is 4.39 Å². The first-order valence-corrected chi connectivity index (χ1v) is 8.21. The van der Waals surface area contributed by atoms with Gasteiger partial charge in [0.25, 0.3) is 0 Å². The predicted molar refractivity (Wildman–Crippen MR) is 101 cm³/mol. The second-order valence-corrected chi connectivity index (χ2v) is 5.56. The summed E-state index contributed by atoms with van der Waals surface area (Å²) in [4.78, 5) is 12.1. The standard InChI is InChI=1S/C19H23FN2O2.ClH/c20-15-8-7-9-16(14-15)24-18-11-5-4-10-17(18)22-19(23)12-3-1-2-6-13-21;/h4-5,7-11,14H,1-3,6,12-13,21H2,(H,22,23);1H. The van der Waals surface area contributed by atoms with Gasteiger partial charge in [-0.15, -0.1) is 12.4 Å². The van der Waals surface area contributed by atoms with E-state index in [0.717, 1.165) is 25.7 Å². The van der Waals surface area contributed by atoms with Gasteiger partial charge in [-0.2, -0.15) is 0 Å². The van der Waals surface area contributed by atoms with Crippen molar-refractivity contribution >= 4 is 24.0 Å². The van der Waals surface area contributed by atoms with Crippen molar-refractivity contribution in [1.82, 2.24) is 0 Å². The Hall–Kier alpha value is -2.11. The summed E-state index contributed by atoms with van der Waals surface area (Å²) in [6.45, 7) is 0.691. The number of benzene rings is 2. The molecule has 2 aromatic carbocycles. The first-order chi connectivity index (χ1) is 11.7. The lowest BCUT2D eigenvalue weighted by molar-refractivity contribution is -0.116. The van der Waals surface area contributed by atoms with Crippen molar-refractivity contribution in [2.24, 2.45) is 5.73 Å². The van der Waals surface area contributed by atoms with Gasteiger partial charge in [-0.3, -0.25) is 4.79 Å². The van der Waals surface area contributed by atoms with Gasteiger partial charge in [0.15, 0.2) is 5.75 Å². The summed E-state index contributed by atoms with van der Waals surface area (Å²) in [7, 11) is 0. The number of ether oxygens (including phenoxy) is 1. The molecule has 3 N–H and O–H groups in total. The summed E-state index contributed by atoms with van der Waals surface area (Å²) in [6, 6.07) is 13.0. The molecule has 0 spiro atoms. The van der Waals surface area contributed by atoms with Crippen LogP contribution in [0.1, 0.15) is 32.1 Å². The van der Waals surface area contributed by atoms with Crippen LogP contribution in [-0.4, -0.2) is 12.5 Å². The topological polar surface area (TPSA) is 64.4 Å². The Morgan fingerprint density at radius 3 is 2.56 bits per heavy atom. The van der Waals surface area contributed by atoms with Gasteiger partial charge in [0, 0.05) is 12.5 Å². The fraction of sp³-hybridized carbons (Fsp3) is 0.316. The maximum atomic E-state index is 13.3. The van der Waals surface area contributed by atoms with Crippen molar-refractivity contribution in [2.45, 2.75) is 32.1 Å². The van der Waals surface area contributed by atoms with Crippen molar-refractivity contribution in [3.8, 4) is 11.5 Å². The van der Waals surface area contributed by atoms with Crippen LogP contribution in [0.3, 0.4) is 0 Å². The van der Waals surface area contributed by atoms with Gasteiger partial charge in [0.2, 0.25) is 5.91 Å². The van der Waals surface area contributed by atoms with Crippen LogP contribution in [0.25, 0.3) is 0 Å². The van der Waals surface area contributed by atoms with Crippen LogP contribution in [0.15, 0.2) is 48.5 Å². The summed E-state index contributed by atoms with van der Waals surface area (Å²) in [5, 5.41) is 2.85. The third-order valence-corrected chi connectivity index (χ3v) is 3.54. The summed E-state index contributed by atoms with van der Waals surface area (Å²) < 4.78 is 18.9. The Labute approximate surface area is 154 Å². The smallest absolute Gasteiger partial charge is 0.224 e. The third kappa shape index (κ3) is 7.54. The zero-order chi connectivity index (χ0) is 17.2. The van der Waals surface area contributed by atoms with E-state index in [2.05, 4.69) is 5.32 Å². The summed E-state index contributed by atoms with van der Waals surface area (Å²) in [5.41, 5.74) is 6.02. The zero-order valence-corrected chi connectivity index (χ0v) is 14.9. The van der Waals surface area contributed by atoms with Crippen LogP contribution in [0.5, 0.6) is 11.5 Å². The van der Waals surface area contributed by atoms with E-state index in [1.54, 1.807) is 30.3 Å². The molecule has 0 aliphatic heterocycles. The Morgan fingerprint density at radius 1 is 1.04 bits per heavy atom. The molecule has 4 nitrogen and oxygen atoms in total. The van der Waals surface area contributed by atoms with Crippen LogP contribution >= 0.6 is 12.4 Å². The molecule has 0 unspecified atom stereocenters. The molecule has 0 saturated carbocycles. The van der Waals surface area contributed by atoms with Crippen LogP contribution < -0.4 is 15.8 Å². The average molecular weight is 367 g/mol. The maximum absolute atomic E-state index is 13.3. The monoisotopic (exact) mass is 366 g/mol. The average Bonchev–Trinajstić information content (AvgIpc) is 2.56. The van der Waals surface area contributed by atoms with Crippen LogP contribution in [0.2, 0.25) is 0 Å². The molecule has 0 aliphatic rings. The van der Waals surface area contributed by atoms with E-state index in [1.807, 2.05) is 6.07 Å². The van der Waals surface area contributed by atoms with E-state index in [-0.39, 0.29) is 24.1 Å². The Balaban J connectivity index is 0.00000312. The van der Waals surface area contributed by atoms with Gasteiger partial charge < -0.3 is 15.8 Å². The van der Waals surface area contributed by atoms with E-state index < -0.39 is 0 Å². The summed E-state index contributed by atoms with van der Waals surface area (Å²) in [5.74, 6) is 0.447. The van der Waals surface area contributed by atoms with Gasteiger partial charge in [0.05, 0.1) is 5.69 Å². The van der Waals surface area contributed by atoms with Gasteiger partial charge in [-0.1, -0.05) is 31.0 Å². The molecule has 0 atom stereocenters. The Morgan fingerprint density at radius 2 is 1.80 bits per heavy atom. The molecule has 0 radical (unpaired) electrons. The SMILES string of the molecule is Cl.NCCCCCCC(=O)Nc1ccccc1Oc1cccc(F)c1. The van der Waals surface area contributed by atoms with Gasteiger partial charge >= 0.3 is 0 Å². The van der Waals surface area contributed by atoms with Crippen LogP contribution in [-0.2, 0) is 4.79 Å². The molecule has 6 heteroatoms. The highest BCUT2D eigenvalue weighted by Crippen LogP contribution is 2.29. The number of nitrogens with one attached hydrogen (secondary N) is 1. The lowest BCUT2D eigenvalue weighted by Gasteiger charge is -2.12. The van der Waals surface area contributed by atoms with E-state index in [1.165, 1.54) is 12.1 Å². The normalized spacial score (nSPS) is 10.0. The Kier molecular flexibility index (Phi) is 9.58. The number of rotatable bonds is 9. The first-order valence-electron chi connectivity index (χ1n) is 8.21. The molecule has 25 heavy (non-hydrogen) atoms. The number of hydrogen-bond acceptors (Lipinski definition) is 3. The van der Waals surface area contributed by atoms with E-state index in [4.69, 9.17) is 10.5 Å². The molecule has 136 valence electrons. The number of amides is 1. The highest BCUT2D eigenvalue weighted by molar-refractivity contribution is 5.92. The van der Waals surface area contributed by atoms with Crippen molar-refractivity contribution < 1.29 is 13.9 Å². The minimum Gasteiger partial charge on any atom is -0.455 e. The minimum atomic E-state index is -0.369. The zero-order valence-electron chi connectivity index (χ0n) is 14.0. The third-order valence-electron chi connectivity index (χ3n) is 3.54. The molecule has 2 rings (SSSR count). The number of carbonyl (C=O) groups excluding carboxylic acids is 1. The fourth-order valence-electron chi connectivity index (χ4n) is 2.31. The van der Waals surface area contributed by atoms with Crippen molar-refractivity contribution in [2.75, 3.05) is 11.9 Å². The maximum Gasteiger partial charge on any atom is 0.224 e. The molecular formula is C19H24ClFN2O2. The van der Waals surface area contributed by atoms with Crippen LogP contribution in [0.4, 0.5) is 10.1 Å². The predicted octanol–water partition coefficient (Wildman–Crippen LogP) is 4.89. The summed E-state index contributed by atoms with van der Waals surface area (Å²) >= 11 is 0. The number of carbonyl (C=O) groups is 1. The summed E-state index contributed by atoms with van der Waals surface area (Å²) in [6.07, 6.45) is 4.32. The molecule has 0 bridgehead atoms. The highest BCUT2D eigenvalue weighted by Gasteiger charge is 2.08. The van der Waals surface area contributed by atoms with E-state index in [9.17, 15) is 9.18 Å². The quantitative estimate of drug-likeness (QED) is 0.621. The van der Waals surface area contributed by atoms with Crippen molar-refractivity contribution in [1.29, 1.82) is 0 Å². The second kappa shape index (κ2) is 11.4. The fourth-order valence-corrected chi connectivity index (χ4v) is 2.31. The lowest BCUT2D eigenvalue weighted by atomic mass is 10.1. The number of hydrogen-bond donors (Lipinski definition) is 2. The molecule has 0 heterocycles. The van der Waals surface area contributed by atoms with Gasteiger partial charge in [-0.05, 0) is 43.7 Å². The minimum absolute atomic E-state index is 0. The first kappa shape index (κ1) is 20.9. The van der Waals surface area contributed by atoms with Gasteiger partial charge in [0.1, 0.15) is 11.6 Å². The molecule has 2 aromatic rings. The van der Waals surface area contributed by atoms with Crippen molar-refractivity contribution in [3.63, 3.8) is 0 Å². The molecule has 0 aliphatic carbocycles. The van der Waals surface area contributed by atoms with E-state index >= 15 is 0 Å². The van der Waals surface area contributed by atoms with Crippen molar-refractivity contribution in [3.05, 3.63) is 54.3 Å². The number of para-hydroxylation sites is 2. The Bertz CT molecular complexity index is 667. The molecule has 0 fully saturated rings. The highest BCUT2D eigenvalue weighted by atomic mass is 35.5. The number of nitrogens with two attached hydrogens (primary N) is 1. The molecular weight excluding hydrogens is 343 g/mol. The number of anilines is 1. The van der Waals surface area contributed by atoms with E-state index in [0.29, 0.717) is 30.2 Å². The molecule has 1 amide bonds. The molecule has 0 saturated heterocycles. The second-order valence-electron chi connectivity index (χ2n) is 5.56. The number of halogens is 2. The molecule has 0 aromatic heterocycles. The lowest BCUT2D eigenvalue weighted by Crippen LogP contribution is -2.11.